The van der Waals surface area contributed by atoms with Crippen LogP contribution in [0.25, 0.3) is 0 Å². The molecule has 0 N–H and O–H groups in total. The van der Waals surface area contributed by atoms with Crippen molar-refractivity contribution in [1.29, 1.82) is 5.26 Å². The van der Waals surface area contributed by atoms with E-state index < -0.39 is 0 Å². The Kier molecular flexibility index (Phi) is 4.65. The average molecular weight is 205 g/mol. The van der Waals surface area contributed by atoms with Crippen molar-refractivity contribution in [2.45, 2.75) is 20.0 Å². The maximum absolute atomic E-state index is 8.62. The molecule has 80 valence electrons. The summed E-state index contributed by atoms with van der Waals surface area (Å²) in [6, 6.07) is 9.12. The molecule has 3 nitrogen and oxygen atoms in total. The van der Waals surface area contributed by atoms with Crippen LogP contribution in [0, 0.1) is 11.3 Å². The third-order valence-corrected chi connectivity index (χ3v) is 1.88. The molecule has 0 heterocycles. The zero-order valence-electron chi connectivity index (χ0n) is 9.06. The predicted molar refractivity (Wildman–Crippen MR) is 57.7 cm³/mol. The number of nitrogens with zero attached hydrogens (tertiary/aromatic N) is 1. The fourth-order valence-electron chi connectivity index (χ4n) is 1.16. The molecule has 1 unspecified atom stereocenters. The van der Waals surface area contributed by atoms with Gasteiger partial charge >= 0.3 is 0 Å². The van der Waals surface area contributed by atoms with E-state index in [2.05, 4.69) is 6.07 Å². The van der Waals surface area contributed by atoms with E-state index in [4.69, 9.17) is 14.7 Å². The van der Waals surface area contributed by atoms with Gasteiger partial charge in [-0.3, -0.25) is 0 Å². The van der Waals surface area contributed by atoms with E-state index >= 15 is 0 Å². The minimum atomic E-state index is 0.0258. The number of nitriles is 1. The maximum Gasteiger partial charge on any atom is 0.119 e. The standard InChI is InChI=1S/C12H15NO2/c1-3-14-9-10(2)15-12-6-4-11(8-13)5-7-12/h4-7,10H,3,9H2,1-2H3. The molecule has 0 radical (unpaired) electrons. The van der Waals surface area contributed by atoms with Gasteiger partial charge in [0.2, 0.25) is 0 Å². The highest BCUT2D eigenvalue weighted by molar-refractivity contribution is 5.34. The van der Waals surface area contributed by atoms with Gasteiger partial charge in [0, 0.05) is 6.61 Å². The lowest BCUT2D eigenvalue weighted by atomic mass is 10.2. The summed E-state index contributed by atoms with van der Waals surface area (Å²) in [6.07, 6.45) is 0.0258. The van der Waals surface area contributed by atoms with E-state index in [1.165, 1.54) is 0 Å². The van der Waals surface area contributed by atoms with Gasteiger partial charge in [0.15, 0.2) is 0 Å². The quantitative estimate of drug-likeness (QED) is 0.741. The van der Waals surface area contributed by atoms with E-state index in [0.717, 1.165) is 5.75 Å². The fourth-order valence-corrected chi connectivity index (χ4v) is 1.16. The van der Waals surface area contributed by atoms with Crippen molar-refractivity contribution < 1.29 is 9.47 Å². The smallest absolute Gasteiger partial charge is 0.119 e. The zero-order chi connectivity index (χ0) is 11.1. The molecule has 0 aliphatic heterocycles. The van der Waals surface area contributed by atoms with Crippen LogP contribution in [-0.4, -0.2) is 19.3 Å². The van der Waals surface area contributed by atoms with Crippen molar-refractivity contribution in [2.24, 2.45) is 0 Å². The predicted octanol–water partition coefficient (Wildman–Crippen LogP) is 2.36. The van der Waals surface area contributed by atoms with E-state index in [-0.39, 0.29) is 6.10 Å². The summed E-state index contributed by atoms with van der Waals surface area (Å²) in [4.78, 5) is 0. The maximum atomic E-state index is 8.62. The fraction of sp³-hybridized carbons (Fsp3) is 0.417. The molecule has 1 rings (SSSR count). The first-order chi connectivity index (χ1) is 7.26. The Bertz CT molecular complexity index is 326. The molecule has 0 spiro atoms. The third-order valence-electron chi connectivity index (χ3n) is 1.88. The summed E-state index contributed by atoms with van der Waals surface area (Å²) in [6.45, 7) is 5.18. The van der Waals surface area contributed by atoms with Gasteiger partial charge in [-0.05, 0) is 38.1 Å². The van der Waals surface area contributed by atoms with Crippen molar-refractivity contribution in [1.82, 2.24) is 0 Å². The van der Waals surface area contributed by atoms with Crippen molar-refractivity contribution in [3.63, 3.8) is 0 Å². The normalized spacial score (nSPS) is 11.8. The molecule has 0 aromatic heterocycles. The summed E-state index contributed by atoms with van der Waals surface area (Å²) in [5, 5.41) is 8.62. The second-order valence-electron chi connectivity index (χ2n) is 3.22. The molecule has 0 saturated heterocycles. The Hall–Kier alpha value is -1.53. The van der Waals surface area contributed by atoms with Crippen molar-refractivity contribution in [3.05, 3.63) is 29.8 Å². The van der Waals surface area contributed by atoms with Crippen LogP contribution in [-0.2, 0) is 4.74 Å². The monoisotopic (exact) mass is 205 g/mol. The van der Waals surface area contributed by atoms with Crippen LogP contribution in [0.2, 0.25) is 0 Å². The van der Waals surface area contributed by atoms with Crippen LogP contribution in [0.3, 0.4) is 0 Å². The van der Waals surface area contributed by atoms with Crippen LogP contribution in [0.4, 0.5) is 0 Å². The molecule has 0 aliphatic rings. The van der Waals surface area contributed by atoms with Crippen molar-refractivity contribution in [3.8, 4) is 11.8 Å². The van der Waals surface area contributed by atoms with Gasteiger partial charge < -0.3 is 9.47 Å². The molecular formula is C12H15NO2. The topological polar surface area (TPSA) is 42.2 Å². The van der Waals surface area contributed by atoms with E-state index in [9.17, 15) is 0 Å². The van der Waals surface area contributed by atoms with Gasteiger partial charge in [0.1, 0.15) is 11.9 Å². The molecule has 0 amide bonds. The van der Waals surface area contributed by atoms with Crippen molar-refractivity contribution >= 4 is 0 Å². The van der Waals surface area contributed by atoms with E-state index in [1.54, 1.807) is 24.3 Å². The van der Waals surface area contributed by atoms with Gasteiger partial charge in [-0.2, -0.15) is 5.26 Å². The van der Waals surface area contributed by atoms with Crippen LogP contribution in [0.15, 0.2) is 24.3 Å². The molecule has 0 aliphatic carbocycles. The van der Waals surface area contributed by atoms with Crippen LogP contribution >= 0.6 is 0 Å². The Morgan fingerprint density at radius 2 is 2.00 bits per heavy atom. The lowest BCUT2D eigenvalue weighted by molar-refractivity contribution is 0.0657. The summed E-state index contributed by atoms with van der Waals surface area (Å²) < 4.78 is 10.8. The molecule has 15 heavy (non-hydrogen) atoms. The molecule has 1 atom stereocenters. The Morgan fingerprint density at radius 1 is 1.33 bits per heavy atom. The molecule has 1 aromatic rings. The molecule has 3 heteroatoms. The van der Waals surface area contributed by atoms with Gasteiger partial charge in [-0.15, -0.1) is 0 Å². The number of rotatable bonds is 5. The minimum Gasteiger partial charge on any atom is -0.488 e. The highest BCUT2D eigenvalue weighted by Gasteiger charge is 2.03. The number of hydrogen-bond acceptors (Lipinski definition) is 3. The molecule has 1 aromatic carbocycles. The number of hydrogen-bond donors (Lipinski definition) is 0. The summed E-state index contributed by atoms with van der Waals surface area (Å²) in [5.74, 6) is 0.765. The minimum absolute atomic E-state index is 0.0258. The molecule has 0 saturated carbocycles. The van der Waals surface area contributed by atoms with E-state index in [1.807, 2.05) is 13.8 Å². The average Bonchev–Trinajstić information content (AvgIpc) is 2.27. The zero-order valence-corrected chi connectivity index (χ0v) is 9.06. The van der Waals surface area contributed by atoms with Crippen LogP contribution in [0.5, 0.6) is 5.75 Å². The highest BCUT2D eigenvalue weighted by Crippen LogP contribution is 2.13. The van der Waals surface area contributed by atoms with Gasteiger partial charge in [-0.25, -0.2) is 0 Å². The number of benzene rings is 1. The third kappa shape index (κ3) is 4.01. The summed E-state index contributed by atoms with van der Waals surface area (Å²) >= 11 is 0. The largest absolute Gasteiger partial charge is 0.488 e. The summed E-state index contributed by atoms with van der Waals surface area (Å²) in [7, 11) is 0. The first-order valence-corrected chi connectivity index (χ1v) is 5.00. The Balaban J connectivity index is 2.47. The van der Waals surface area contributed by atoms with Gasteiger partial charge in [0.05, 0.1) is 18.2 Å². The van der Waals surface area contributed by atoms with Crippen LogP contribution in [0.1, 0.15) is 19.4 Å². The van der Waals surface area contributed by atoms with Gasteiger partial charge in [-0.1, -0.05) is 0 Å². The highest BCUT2D eigenvalue weighted by atomic mass is 16.5. The first-order valence-electron chi connectivity index (χ1n) is 5.00. The first kappa shape index (κ1) is 11.5. The summed E-state index contributed by atoms with van der Waals surface area (Å²) in [5.41, 5.74) is 0.639. The second-order valence-corrected chi connectivity index (χ2v) is 3.22. The van der Waals surface area contributed by atoms with E-state index in [0.29, 0.717) is 18.8 Å². The molecule has 0 fully saturated rings. The second kappa shape index (κ2) is 6.05. The SMILES string of the molecule is CCOCC(C)Oc1ccc(C#N)cc1. The van der Waals surface area contributed by atoms with Gasteiger partial charge in [0.25, 0.3) is 0 Å². The number of ether oxygens (including phenoxy) is 2. The lowest BCUT2D eigenvalue weighted by Crippen LogP contribution is -2.18. The Labute approximate surface area is 90.2 Å². The molecular weight excluding hydrogens is 190 g/mol. The lowest BCUT2D eigenvalue weighted by Gasteiger charge is -2.14. The van der Waals surface area contributed by atoms with Crippen LogP contribution < -0.4 is 4.74 Å². The molecule has 0 bridgehead atoms. The Morgan fingerprint density at radius 3 is 2.53 bits per heavy atom. The van der Waals surface area contributed by atoms with Crippen molar-refractivity contribution in [2.75, 3.05) is 13.2 Å².